The van der Waals surface area contributed by atoms with Gasteiger partial charge in [-0.25, -0.2) is 13.2 Å². The van der Waals surface area contributed by atoms with Crippen molar-refractivity contribution in [2.24, 2.45) is 0 Å². The quantitative estimate of drug-likeness (QED) is 0.777. The summed E-state index contributed by atoms with van der Waals surface area (Å²) >= 11 is 0. The molecule has 0 aliphatic carbocycles. The molecule has 0 spiro atoms. The molecule has 0 saturated carbocycles. The number of urea groups is 1. The van der Waals surface area contributed by atoms with Gasteiger partial charge in [0.2, 0.25) is 0 Å². The zero-order chi connectivity index (χ0) is 18.5. The Morgan fingerprint density at radius 1 is 0.962 bits per heavy atom. The topological polar surface area (TPSA) is 66.9 Å². The fourth-order valence-electron chi connectivity index (χ4n) is 3.83. The lowest BCUT2D eigenvalue weighted by molar-refractivity contribution is 0.255. The fourth-order valence-corrected chi connectivity index (χ4v) is 5.75. The van der Waals surface area contributed by atoms with Gasteiger partial charge in [-0.2, -0.15) is 0 Å². The Morgan fingerprint density at radius 2 is 1.58 bits per heavy atom. The molecule has 26 heavy (non-hydrogen) atoms. The number of hydrogen-bond donors (Lipinski definition) is 0. The second-order valence-electron chi connectivity index (χ2n) is 6.77. The lowest BCUT2D eigenvalue weighted by Gasteiger charge is -2.23. The van der Waals surface area contributed by atoms with E-state index in [1.807, 2.05) is 31.2 Å². The van der Waals surface area contributed by atoms with Gasteiger partial charge in [-0.1, -0.05) is 12.1 Å². The number of benzene rings is 2. The van der Waals surface area contributed by atoms with Crippen molar-refractivity contribution in [2.45, 2.75) is 19.0 Å². The molecule has 2 heterocycles. The number of carbonyl (C=O) groups is 1. The third kappa shape index (κ3) is 2.72. The average Bonchev–Trinajstić information content (AvgIpc) is 3.03. The van der Waals surface area contributed by atoms with Crippen molar-refractivity contribution in [2.75, 3.05) is 28.4 Å². The van der Waals surface area contributed by atoms with E-state index in [-0.39, 0.29) is 29.6 Å². The van der Waals surface area contributed by atoms with Crippen LogP contribution in [0.1, 0.15) is 5.56 Å². The number of anilines is 2. The highest BCUT2D eigenvalue weighted by atomic mass is 32.2. The first-order valence-electron chi connectivity index (χ1n) is 8.43. The molecule has 4 rings (SSSR count). The first-order chi connectivity index (χ1) is 12.4. The van der Waals surface area contributed by atoms with Gasteiger partial charge in [0, 0.05) is 11.4 Å². The van der Waals surface area contributed by atoms with Crippen LogP contribution in [0.2, 0.25) is 0 Å². The van der Waals surface area contributed by atoms with Gasteiger partial charge in [-0.3, -0.25) is 9.80 Å². The molecular weight excluding hydrogens is 352 g/mol. The summed E-state index contributed by atoms with van der Waals surface area (Å²) in [7, 11) is -1.62. The average molecular weight is 372 g/mol. The van der Waals surface area contributed by atoms with Crippen LogP contribution in [0, 0.1) is 6.92 Å². The summed E-state index contributed by atoms with van der Waals surface area (Å²) in [4.78, 5) is 16.5. The molecule has 2 atom stereocenters. The van der Waals surface area contributed by atoms with E-state index in [2.05, 4.69) is 0 Å². The number of amides is 2. The van der Waals surface area contributed by atoms with Gasteiger partial charge >= 0.3 is 6.03 Å². The largest absolute Gasteiger partial charge is 0.497 e. The van der Waals surface area contributed by atoms with Crippen molar-refractivity contribution >= 4 is 27.2 Å². The number of sulfone groups is 1. The molecule has 2 aromatic carbocycles. The standard InChI is InChI=1S/C19H20N2O4S/c1-13-4-3-5-15(10-13)21-18-12-26(23,24)11-17(18)20(19(21)22)14-6-8-16(25-2)9-7-14/h3-10,17-18H,11-12H2,1-2H3/t17-,18+/m0/s1. The lowest BCUT2D eigenvalue weighted by atomic mass is 10.1. The van der Waals surface area contributed by atoms with Crippen molar-refractivity contribution < 1.29 is 17.9 Å². The molecule has 2 amide bonds. The molecule has 0 aromatic heterocycles. The van der Waals surface area contributed by atoms with E-state index in [4.69, 9.17) is 4.74 Å². The number of methoxy groups -OCH3 is 1. The van der Waals surface area contributed by atoms with Gasteiger partial charge in [0.1, 0.15) is 5.75 Å². The van der Waals surface area contributed by atoms with Crippen LogP contribution in [0.15, 0.2) is 48.5 Å². The van der Waals surface area contributed by atoms with Crippen molar-refractivity contribution in [3.63, 3.8) is 0 Å². The number of hydrogen-bond acceptors (Lipinski definition) is 4. The zero-order valence-electron chi connectivity index (χ0n) is 14.6. The summed E-state index contributed by atoms with van der Waals surface area (Å²) in [5.41, 5.74) is 2.44. The molecule has 0 bridgehead atoms. The summed E-state index contributed by atoms with van der Waals surface area (Å²) in [6, 6.07) is 13.8. The summed E-state index contributed by atoms with van der Waals surface area (Å²) in [5.74, 6) is 0.661. The maximum absolute atomic E-state index is 13.2. The summed E-state index contributed by atoms with van der Waals surface area (Å²) in [6.45, 7) is 1.95. The molecule has 7 heteroatoms. The first-order valence-corrected chi connectivity index (χ1v) is 10.3. The summed E-state index contributed by atoms with van der Waals surface area (Å²) < 4.78 is 29.7. The summed E-state index contributed by atoms with van der Waals surface area (Å²) in [5, 5.41) is 0. The highest BCUT2D eigenvalue weighted by Gasteiger charge is 2.54. The van der Waals surface area contributed by atoms with Gasteiger partial charge in [-0.05, 0) is 48.9 Å². The van der Waals surface area contributed by atoms with E-state index in [1.54, 1.807) is 41.2 Å². The van der Waals surface area contributed by atoms with E-state index >= 15 is 0 Å². The van der Waals surface area contributed by atoms with E-state index in [1.165, 1.54) is 0 Å². The second kappa shape index (κ2) is 6.02. The molecule has 6 nitrogen and oxygen atoms in total. The Hall–Kier alpha value is -2.54. The molecule has 2 aromatic rings. The Labute approximate surface area is 152 Å². The Morgan fingerprint density at radius 3 is 2.15 bits per heavy atom. The van der Waals surface area contributed by atoms with Crippen LogP contribution in [0.4, 0.5) is 16.2 Å². The lowest BCUT2D eigenvalue weighted by Crippen LogP contribution is -2.37. The molecule has 136 valence electrons. The SMILES string of the molecule is COc1ccc(N2C(=O)N(c3cccc(C)c3)[C@@H]3CS(=O)(=O)C[C@@H]32)cc1. The third-order valence-electron chi connectivity index (χ3n) is 5.00. The van der Waals surface area contributed by atoms with Crippen LogP contribution in [0.5, 0.6) is 5.75 Å². The molecular formula is C19H20N2O4S. The number of fused-ring (bicyclic) bond motifs is 1. The van der Waals surface area contributed by atoms with E-state index < -0.39 is 9.84 Å². The minimum atomic E-state index is -3.19. The predicted molar refractivity (Wildman–Crippen MR) is 101 cm³/mol. The molecule has 2 fully saturated rings. The van der Waals surface area contributed by atoms with E-state index in [0.29, 0.717) is 11.4 Å². The smallest absolute Gasteiger partial charge is 0.329 e. The van der Waals surface area contributed by atoms with Crippen LogP contribution in [0.25, 0.3) is 0 Å². The van der Waals surface area contributed by atoms with Gasteiger partial charge < -0.3 is 4.74 Å². The summed E-state index contributed by atoms with van der Waals surface area (Å²) in [6.07, 6.45) is 0. The van der Waals surface area contributed by atoms with E-state index in [9.17, 15) is 13.2 Å². The van der Waals surface area contributed by atoms with Crippen LogP contribution in [-0.4, -0.2) is 45.1 Å². The van der Waals surface area contributed by atoms with Crippen LogP contribution in [-0.2, 0) is 9.84 Å². The van der Waals surface area contributed by atoms with Gasteiger partial charge in [0.05, 0.1) is 30.7 Å². The molecule has 0 N–H and O–H groups in total. The number of carbonyl (C=O) groups excluding carboxylic acids is 1. The van der Waals surface area contributed by atoms with Crippen molar-refractivity contribution in [3.8, 4) is 5.75 Å². The molecule has 0 radical (unpaired) electrons. The van der Waals surface area contributed by atoms with Crippen LogP contribution < -0.4 is 14.5 Å². The van der Waals surface area contributed by atoms with Crippen molar-refractivity contribution in [1.29, 1.82) is 0 Å². The number of nitrogens with zero attached hydrogens (tertiary/aromatic N) is 2. The van der Waals surface area contributed by atoms with Gasteiger partial charge in [0.15, 0.2) is 9.84 Å². The van der Waals surface area contributed by atoms with Crippen molar-refractivity contribution in [3.05, 3.63) is 54.1 Å². The van der Waals surface area contributed by atoms with Gasteiger partial charge in [0.25, 0.3) is 0 Å². The number of aryl methyl sites for hydroxylation is 1. The monoisotopic (exact) mass is 372 g/mol. The minimum Gasteiger partial charge on any atom is -0.497 e. The number of ether oxygens (including phenoxy) is 1. The van der Waals surface area contributed by atoms with Crippen molar-refractivity contribution in [1.82, 2.24) is 0 Å². The molecule has 2 aliphatic heterocycles. The molecule has 2 saturated heterocycles. The van der Waals surface area contributed by atoms with Crippen LogP contribution >= 0.6 is 0 Å². The maximum atomic E-state index is 13.2. The fraction of sp³-hybridized carbons (Fsp3) is 0.316. The highest BCUT2D eigenvalue weighted by Crippen LogP contribution is 2.38. The van der Waals surface area contributed by atoms with E-state index in [0.717, 1.165) is 11.3 Å². The zero-order valence-corrected chi connectivity index (χ0v) is 15.4. The Kier molecular flexibility index (Phi) is 3.91. The highest BCUT2D eigenvalue weighted by molar-refractivity contribution is 7.91. The Balaban J connectivity index is 1.78. The second-order valence-corrected chi connectivity index (χ2v) is 8.93. The predicted octanol–water partition coefficient (Wildman–Crippen LogP) is 2.62. The normalized spacial score (nSPS) is 24.0. The van der Waals surface area contributed by atoms with Gasteiger partial charge in [-0.15, -0.1) is 0 Å². The maximum Gasteiger partial charge on any atom is 0.329 e. The molecule has 0 unspecified atom stereocenters. The Bertz CT molecular complexity index is 956. The van der Waals surface area contributed by atoms with Crippen LogP contribution in [0.3, 0.4) is 0 Å². The number of rotatable bonds is 3. The third-order valence-corrected chi connectivity index (χ3v) is 6.70. The first kappa shape index (κ1) is 16.9. The molecule has 2 aliphatic rings. The minimum absolute atomic E-state index is 0.00992.